The van der Waals surface area contributed by atoms with Gasteiger partial charge in [-0.1, -0.05) is 12.7 Å². The van der Waals surface area contributed by atoms with Gasteiger partial charge in [-0.2, -0.15) is 0 Å². The predicted octanol–water partition coefficient (Wildman–Crippen LogP) is 2.92. The molecule has 0 saturated carbocycles. The second-order valence-electron chi connectivity index (χ2n) is 7.60. The van der Waals surface area contributed by atoms with Gasteiger partial charge in [-0.05, 0) is 47.8 Å². The molecule has 3 heterocycles. The van der Waals surface area contributed by atoms with Crippen LogP contribution in [0.1, 0.15) is 17.5 Å². The van der Waals surface area contributed by atoms with Gasteiger partial charge in [0.25, 0.3) is 0 Å². The predicted molar refractivity (Wildman–Crippen MR) is 121 cm³/mol. The quantitative estimate of drug-likeness (QED) is 0.455. The summed E-state index contributed by atoms with van der Waals surface area (Å²) in [6, 6.07) is 2.09. The van der Waals surface area contributed by atoms with Crippen molar-refractivity contribution in [3.63, 3.8) is 0 Å². The summed E-state index contributed by atoms with van der Waals surface area (Å²) >= 11 is 1.66. The minimum Gasteiger partial charge on any atom is -0.369 e. The van der Waals surface area contributed by atoms with Gasteiger partial charge in [-0.25, -0.2) is 4.98 Å². The molecule has 1 aromatic rings. The first-order valence-corrected chi connectivity index (χ1v) is 11.2. The number of thioether (sulfide) groups is 1. The van der Waals surface area contributed by atoms with E-state index in [0.717, 1.165) is 61.1 Å². The zero-order chi connectivity index (χ0) is 20.2. The van der Waals surface area contributed by atoms with Crippen molar-refractivity contribution in [3.8, 4) is 0 Å². The second kappa shape index (κ2) is 8.97. The van der Waals surface area contributed by atoms with Crippen LogP contribution in [0.2, 0.25) is 0 Å². The Morgan fingerprint density at radius 3 is 3.10 bits per heavy atom. The van der Waals surface area contributed by atoms with Crippen molar-refractivity contribution in [1.29, 1.82) is 0 Å². The molecule has 0 bridgehead atoms. The van der Waals surface area contributed by atoms with Crippen LogP contribution in [-0.2, 0) is 11.3 Å². The fourth-order valence-corrected chi connectivity index (χ4v) is 4.87. The molecule has 0 aromatic carbocycles. The molecular weight excluding hydrogens is 382 g/mol. The number of amides is 1. The van der Waals surface area contributed by atoms with Crippen LogP contribution in [0.5, 0.6) is 0 Å². The third-order valence-corrected chi connectivity index (χ3v) is 6.45. The molecule has 1 saturated heterocycles. The van der Waals surface area contributed by atoms with Crippen molar-refractivity contribution in [2.45, 2.75) is 13.0 Å². The Hall–Kier alpha value is -2.38. The monoisotopic (exact) mass is 409 g/mol. The Labute approximate surface area is 176 Å². The highest BCUT2D eigenvalue weighted by Crippen LogP contribution is 2.38. The fourth-order valence-electron chi connectivity index (χ4n) is 4.28. The van der Waals surface area contributed by atoms with E-state index in [4.69, 9.17) is 0 Å². The number of hydrogen-bond acceptors (Lipinski definition) is 6. The number of aliphatic imine (C=N–C) groups is 1. The molecule has 29 heavy (non-hydrogen) atoms. The van der Waals surface area contributed by atoms with Crippen molar-refractivity contribution in [1.82, 2.24) is 15.2 Å². The molecule has 2 atom stereocenters. The van der Waals surface area contributed by atoms with E-state index in [1.165, 1.54) is 5.57 Å². The van der Waals surface area contributed by atoms with E-state index in [-0.39, 0.29) is 5.91 Å². The van der Waals surface area contributed by atoms with Gasteiger partial charge < -0.3 is 15.5 Å². The maximum Gasteiger partial charge on any atom is 0.246 e. The maximum absolute atomic E-state index is 12.7. The highest BCUT2D eigenvalue weighted by molar-refractivity contribution is 8.13. The second-order valence-corrected chi connectivity index (χ2v) is 8.39. The van der Waals surface area contributed by atoms with Crippen LogP contribution in [0.15, 0.2) is 47.8 Å². The van der Waals surface area contributed by atoms with Crippen molar-refractivity contribution < 1.29 is 4.79 Å². The molecule has 2 unspecified atom stereocenters. The molecule has 2 aliphatic heterocycles. The molecule has 6 nitrogen and oxygen atoms in total. The van der Waals surface area contributed by atoms with Gasteiger partial charge in [-0.15, -0.1) is 11.8 Å². The van der Waals surface area contributed by atoms with Crippen LogP contribution >= 0.6 is 11.8 Å². The number of anilines is 1. The number of pyridine rings is 1. The zero-order valence-electron chi connectivity index (χ0n) is 16.7. The van der Waals surface area contributed by atoms with Gasteiger partial charge in [0.1, 0.15) is 5.82 Å². The molecule has 1 fully saturated rings. The summed E-state index contributed by atoms with van der Waals surface area (Å²) in [7, 11) is 0. The van der Waals surface area contributed by atoms with Gasteiger partial charge >= 0.3 is 0 Å². The van der Waals surface area contributed by atoms with Crippen LogP contribution in [0.4, 0.5) is 5.82 Å². The standard InChI is InChI=1S/C22H27N5OS/c1-3-24-22(29-2)16-9-18-13-27(14-19(18)10-16)20(28)5-4-15-8-17-12-23-6-7-25-21(17)26-11-15/h3-5,8-9,11,18-19,23H,1,6-7,10,12-14H2,2H3,(H,25,26)/b5-4+,24-22-. The van der Waals surface area contributed by atoms with E-state index in [0.29, 0.717) is 11.8 Å². The lowest BCUT2D eigenvalue weighted by atomic mass is 10.00. The number of likely N-dealkylation sites (tertiary alicyclic amines) is 1. The van der Waals surface area contributed by atoms with E-state index in [1.54, 1.807) is 24.0 Å². The lowest BCUT2D eigenvalue weighted by Gasteiger charge is -2.15. The number of fused-ring (bicyclic) bond motifs is 2. The Balaban J connectivity index is 1.38. The van der Waals surface area contributed by atoms with E-state index in [2.05, 4.69) is 39.3 Å². The Kier molecular flexibility index (Phi) is 6.16. The van der Waals surface area contributed by atoms with Gasteiger partial charge in [0.15, 0.2) is 0 Å². The van der Waals surface area contributed by atoms with Crippen molar-refractivity contribution >= 4 is 34.6 Å². The Morgan fingerprint density at radius 2 is 2.31 bits per heavy atom. The van der Waals surface area contributed by atoms with E-state index >= 15 is 0 Å². The normalized spacial score (nSPS) is 24.0. The molecule has 1 aromatic heterocycles. The Morgan fingerprint density at radius 1 is 1.41 bits per heavy atom. The van der Waals surface area contributed by atoms with Gasteiger partial charge in [0.2, 0.25) is 5.91 Å². The third kappa shape index (κ3) is 4.46. The molecule has 2 N–H and O–H groups in total. The number of carbonyl (C=O) groups excluding carboxylic acids is 1. The summed E-state index contributed by atoms with van der Waals surface area (Å²) in [4.78, 5) is 23.5. The fraction of sp³-hybridized carbons (Fsp3) is 0.409. The van der Waals surface area contributed by atoms with Crippen LogP contribution in [0.3, 0.4) is 0 Å². The molecule has 0 radical (unpaired) electrons. The summed E-state index contributed by atoms with van der Waals surface area (Å²) in [5, 5.41) is 7.73. The molecule has 7 heteroatoms. The van der Waals surface area contributed by atoms with E-state index in [1.807, 2.05) is 23.4 Å². The maximum atomic E-state index is 12.7. The number of nitrogens with zero attached hydrogens (tertiary/aromatic N) is 3. The smallest absolute Gasteiger partial charge is 0.246 e. The number of rotatable bonds is 4. The van der Waals surface area contributed by atoms with E-state index < -0.39 is 0 Å². The number of aromatic nitrogens is 1. The number of hydrogen-bond donors (Lipinski definition) is 2. The highest BCUT2D eigenvalue weighted by atomic mass is 32.2. The summed E-state index contributed by atoms with van der Waals surface area (Å²) < 4.78 is 0. The minimum absolute atomic E-state index is 0.0744. The molecular formula is C22H27N5OS. The third-order valence-electron chi connectivity index (χ3n) is 5.69. The first-order chi connectivity index (χ1) is 14.2. The molecule has 3 aliphatic rings. The average molecular weight is 410 g/mol. The van der Waals surface area contributed by atoms with Gasteiger partial charge in [-0.3, -0.25) is 9.79 Å². The summed E-state index contributed by atoms with van der Waals surface area (Å²) in [5.41, 5.74) is 3.39. The molecule has 152 valence electrons. The number of carbonyl (C=O) groups is 1. The largest absolute Gasteiger partial charge is 0.369 e. The first kappa shape index (κ1) is 19.9. The summed E-state index contributed by atoms with van der Waals surface area (Å²) in [6.45, 7) is 7.88. The summed E-state index contributed by atoms with van der Waals surface area (Å²) in [6.07, 6.45) is 12.3. The van der Waals surface area contributed by atoms with Crippen LogP contribution in [0.25, 0.3) is 6.08 Å². The Bertz CT molecular complexity index is 891. The topological polar surface area (TPSA) is 69.6 Å². The summed E-state index contributed by atoms with van der Waals surface area (Å²) in [5.74, 6) is 1.93. The van der Waals surface area contributed by atoms with Crippen LogP contribution < -0.4 is 10.6 Å². The molecule has 0 spiro atoms. The molecule has 1 aliphatic carbocycles. The van der Waals surface area contributed by atoms with Crippen LogP contribution in [-0.4, -0.2) is 53.3 Å². The van der Waals surface area contributed by atoms with Crippen molar-refractivity contribution in [2.75, 3.05) is 37.8 Å². The lowest BCUT2D eigenvalue weighted by molar-refractivity contribution is -0.125. The van der Waals surface area contributed by atoms with Gasteiger partial charge in [0, 0.05) is 56.8 Å². The molecule has 4 rings (SSSR count). The lowest BCUT2D eigenvalue weighted by Crippen LogP contribution is -2.27. The first-order valence-electron chi connectivity index (χ1n) is 10.0. The minimum atomic E-state index is 0.0744. The SMILES string of the molecule is C=C/N=C(\SC)C1=CC2CN(C(=O)/C=C/c3cnc4c(c3)CNCCN4)CC2C1. The van der Waals surface area contributed by atoms with E-state index in [9.17, 15) is 4.79 Å². The number of nitrogens with one attached hydrogen (secondary N) is 2. The van der Waals surface area contributed by atoms with Crippen LogP contribution in [0, 0.1) is 11.8 Å². The van der Waals surface area contributed by atoms with Crippen molar-refractivity contribution in [3.05, 3.63) is 53.9 Å². The highest BCUT2D eigenvalue weighted by Gasteiger charge is 2.38. The average Bonchev–Trinajstić information content (AvgIpc) is 3.21. The van der Waals surface area contributed by atoms with Crippen molar-refractivity contribution in [2.24, 2.45) is 16.8 Å². The van der Waals surface area contributed by atoms with Gasteiger partial charge in [0.05, 0.1) is 5.04 Å². The zero-order valence-corrected chi connectivity index (χ0v) is 17.5. The molecule has 1 amide bonds.